The second kappa shape index (κ2) is 5.11. The Labute approximate surface area is 112 Å². The Morgan fingerprint density at radius 2 is 2.11 bits per heavy atom. The van der Waals surface area contributed by atoms with E-state index < -0.39 is 5.54 Å². The number of aliphatic hydroxyl groups is 1. The molecule has 5 nitrogen and oxygen atoms in total. The van der Waals surface area contributed by atoms with Crippen LogP contribution in [0.3, 0.4) is 0 Å². The molecule has 0 bridgehead atoms. The minimum absolute atomic E-state index is 0.0351. The van der Waals surface area contributed by atoms with E-state index in [2.05, 4.69) is 15.4 Å². The minimum Gasteiger partial charge on any atom is -0.394 e. The maximum Gasteiger partial charge on any atom is 0.137 e. The molecule has 0 spiro atoms. The second-order valence-electron chi connectivity index (χ2n) is 5.12. The SMILES string of the molecule is OCC(Cn1cncn1)(NC1CC1)c1ccccc1. The van der Waals surface area contributed by atoms with E-state index in [4.69, 9.17) is 0 Å². The highest BCUT2D eigenvalue weighted by Crippen LogP contribution is 2.29. The van der Waals surface area contributed by atoms with Crippen LogP contribution in [0.15, 0.2) is 43.0 Å². The highest BCUT2D eigenvalue weighted by atomic mass is 16.3. The zero-order chi connectivity index (χ0) is 13.1. The number of aliphatic hydroxyl groups excluding tert-OH is 1. The number of hydrogen-bond acceptors (Lipinski definition) is 4. The number of nitrogens with one attached hydrogen (secondary N) is 1. The Bertz CT molecular complexity index is 510. The van der Waals surface area contributed by atoms with Gasteiger partial charge in [0.25, 0.3) is 0 Å². The number of benzene rings is 1. The standard InChI is InChI=1S/C14H18N4O/c19-9-14(17-13-6-7-13,8-18-11-15-10-16-18)12-4-2-1-3-5-12/h1-5,10-11,13,17,19H,6-9H2. The van der Waals surface area contributed by atoms with E-state index in [0.29, 0.717) is 12.6 Å². The molecule has 3 rings (SSSR count). The van der Waals surface area contributed by atoms with Gasteiger partial charge < -0.3 is 10.4 Å². The van der Waals surface area contributed by atoms with Gasteiger partial charge in [0.2, 0.25) is 0 Å². The zero-order valence-corrected chi connectivity index (χ0v) is 10.7. The Kier molecular flexibility index (Phi) is 3.31. The third-order valence-electron chi connectivity index (χ3n) is 3.55. The average molecular weight is 258 g/mol. The number of rotatable bonds is 6. The summed E-state index contributed by atoms with van der Waals surface area (Å²) in [5.74, 6) is 0. The lowest BCUT2D eigenvalue weighted by Gasteiger charge is -2.33. The van der Waals surface area contributed by atoms with Gasteiger partial charge in [-0.25, -0.2) is 4.98 Å². The molecule has 0 radical (unpaired) electrons. The predicted octanol–water partition coefficient (Wildman–Crippen LogP) is 0.918. The summed E-state index contributed by atoms with van der Waals surface area (Å²) in [4.78, 5) is 3.97. The first-order chi connectivity index (χ1) is 9.32. The lowest BCUT2D eigenvalue weighted by molar-refractivity contribution is 0.135. The number of aromatic nitrogens is 3. The van der Waals surface area contributed by atoms with Crippen LogP contribution in [0, 0.1) is 0 Å². The summed E-state index contributed by atoms with van der Waals surface area (Å²) in [5.41, 5.74) is 0.593. The van der Waals surface area contributed by atoms with Crippen LogP contribution in [0.5, 0.6) is 0 Å². The van der Waals surface area contributed by atoms with Crippen molar-refractivity contribution in [2.45, 2.75) is 31.0 Å². The van der Waals surface area contributed by atoms with Crippen molar-refractivity contribution in [1.29, 1.82) is 0 Å². The molecular formula is C14H18N4O. The lowest BCUT2D eigenvalue weighted by Crippen LogP contribution is -2.50. The van der Waals surface area contributed by atoms with E-state index >= 15 is 0 Å². The number of nitrogens with zero attached hydrogens (tertiary/aromatic N) is 3. The summed E-state index contributed by atoms with van der Waals surface area (Å²) < 4.78 is 1.76. The molecule has 0 aliphatic heterocycles. The van der Waals surface area contributed by atoms with Crippen molar-refractivity contribution < 1.29 is 5.11 Å². The van der Waals surface area contributed by atoms with Crippen molar-refractivity contribution in [3.8, 4) is 0 Å². The molecular weight excluding hydrogens is 240 g/mol. The fraction of sp³-hybridized carbons (Fsp3) is 0.429. The van der Waals surface area contributed by atoms with Gasteiger partial charge in [-0.2, -0.15) is 5.10 Å². The summed E-state index contributed by atoms with van der Waals surface area (Å²) >= 11 is 0. The van der Waals surface area contributed by atoms with Crippen LogP contribution >= 0.6 is 0 Å². The van der Waals surface area contributed by atoms with E-state index in [9.17, 15) is 5.11 Å². The zero-order valence-electron chi connectivity index (χ0n) is 10.7. The topological polar surface area (TPSA) is 63.0 Å². The van der Waals surface area contributed by atoms with Crippen LogP contribution in [0.1, 0.15) is 18.4 Å². The fourth-order valence-electron chi connectivity index (χ4n) is 2.37. The van der Waals surface area contributed by atoms with E-state index in [1.807, 2.05) is 30.3 Å². The van der Waals surface area contributed by atoms with Gasteiger partial charge in [0.1, 0.15) is 12.7 Å². The quantitative estimate of drug-likeness (QED) is 0.808. The first-order valence-corrected chi connectivity index (χ1v) is 6.59. The van der Waals surface area contributed by atoms with Crippen molar-refractivity contribution in [3.63, 3.8) is 0 Å². The van der Waals surface area contributed by atoms with Gasteiger partial charge in [0.15, 0.2) is 0 Å². The van der Waals surface area contributed by atoms with Crippen LogP contribution in [0.25, 0.3) is 0 Å². The van der Waals surface area contributed by atoms with Crippen LogP contribution in [0.4, 0.5) is 0 Å². The molecule has 19 heavy (non-hydrogen) atoms. The Hall–Kier alpha value is -1.72. The third kappa shape index (κ3) is 2.67. The van der Waals surface area contributed by atoms with Crippen LogP contribution in [-0.4, -0.2) is 32.5 Å². The Balaban J connectivity index is 1.92. The monoisotopic (exact) mass is 258 g/mol. The van der Waals surface area contributed by atoms with Crippen LogP contribution in [0.2, 0.25) is 0 Å². The van der Waals surface area contributed by atoms with Gasteiger partial charge in [-0.05, 0) is 18.4 Å². The first kappa shape index (κ1) is 12.3. The maximum atomic E-state index is 9.98. The van der Waals surface area contributed by atoms with Gasteiger partial charge >= 0.3 is 0 Å². The van der Waals surface area contributed by atoms with Gasteiger partial charge in [0, 0.05) is 6.04 Å². The molecule has 2 N–H and O–H groups in total. The molecule has 1 fully saturated rings. The summed E-state index contributed by atoms with van der Waals surface area (Å²) in [6.45, 7) is 0.609. The van der Waals surface area contributed by atoms with Gasteiger partial charge in [-0.1, -0.05) is 30.3 Å². The van der Waals surface area contributed by atoms with Crippen molar-refractivity contribution in [2.75, 3.05) is 6.61 Å². The Morgan fingerprint density at radius 3 is 2.68 bits per heavy atom. The lowest BCUT2D eigenvalue weighted by atomic mass is 9.90. The van der Waals surface area contributed by atoms with Crippen molar-refractivity contribution >= 4 is 0 Å². The van der Waals surface area contributed by atoms with Gasteiger partial charge in [0.05, 0.1) is 18.7 Å². The summed E-state index contributed by atoms with van der Waals surface area (Å²) in [6.07, 6.45) is 5.55. The normalized spacial score (nSPS) is 18.2. The van der Waals surface area contributed by atoms with Gasteiger partial charge in [-0.15, -0.1) is 0 Å². The summed E-state index contributed by atoms with van der Waals surface area (Å²) in [7, 11) is 0. The molecule has 1 aromatic heterocycles. The van der Waals surface area contributed by atoms with Crippen molar-refractivity contribution in [3.05, 3.63) is 48.5 Å². The van der Waals surface area contributed by atoms with Gasteiger partial charge in [-0.3, -0.25) is 4.68 Å². The molecule has 1 aromatic carbocycles. The molecule has 1 aliphatic carbocycles. The van der Waals surface area contributed by atoms with E-state index in [0.717, 1.165) is 5.56 Å². The van der Waals surface area contributed by atoms with Crippen LogP contribution in [-0.2, 0) is 12.1 Å². The molecule has 1 heterocycles. The Morgan fingerprint density at radius 1 is 1.32 bits per heavy atom. The first-order valence-electron chi connectivity index (χ1n) is 6.59. The molecule has 5 heteroatoms. The molecule has 2 aromatic rings. The molecule has 1 unspecified atom stereocenters. The highest BCUT2D eigenvalue weighted by Gasteiger charge is 2.37. The second-order valence-corrected chi connectivity index (χ2v) is 5.12. The smallest absolute Gasteiger partial charge is 0.137 e. The molecule has 100 valence electrons. The van der Waals surface area contributed by atoms with Crippen LogP contribution < -0.4 is 5.32 Å². The maximum absolute atomic E-state index is 9.98. The summed E-state index contributed by atoms with van der Waals surface area (Å²) in [6, 6.07) is 10.6. The average Bonchev–Trinajstić information content (AvgIpc) is 3.12. The molecule has 0 amide bonds. The molecule has 1 atom stereocenters. The number of hydrogen-bond donors (Lipinski definition) is 2. The third-order valence-corrected chi connectivity index (χ3v) is 3.55. The van der Waals surface area contributed by atoms with Crippen molar-refractivity contribution in [2.24, 2.45) is 0 Å². The predicted molar refractivity (Wildman–Crippen MR) is 71.4 cm³/mol. The highest BCUT2D eigenvalue weighted by molar-refractivity contribution is 5.25. The summed E-state index contributed by atoms with van der Waals surface area (Å²) in [5, 5.41) is 17.7. The molecule has 0 saturated heterocycles. The van der Waals surface area contributed by atoms with Crippen molar-refractivity contribution in [1.82, 2.24) is 20.1 Å². The largest absolute Gasteiger partial charge is 0.394 e. The fourth-order valence-corrected chi connectivity index (χ4v) is 2.37. The minimum atomic E-state index is -0.490. The molecule has 1 aliphatic rings. The van der Waals surface area contributed by atoms with E-state index in [1.165, 1.54) is 19.2 Å². The van der Waals surface area contributed by atoms with E-state index in [-0.39, 0.29) is 6.61 Å². The molecule has 1 saturated carbocycles. The van der Waals surface area contributed by atoms with E-state index in [1.54, 1.807) is 11.0 Å².